The first-order valence-corrected chi connectivity index (χ1v) is 6.60. The standard InChI is InChI=1S/C10H18N2OS/c13-10-2-1-9(12-10)7-11-8-3-5-14-6-4-8/h8-9,11H,1-7H2,(H,12,13). The molecular formula is C10H18N2OS. The average Bonchev–Trinajstić information content (AvgIpc) is 2.63. The van der Waals surface area contributed by atoms with Crippen molar-refractivity contribution in [2.45, 2.75) is 37.8 Å². The Morgan fingerprint density at radius 2 is 2.14 bits per heavy atom. The van der Waals surface area contributed by atoms with Gasteiger partial charge in [0.05, 0.1) is 0 Å². The van der Waals surface area contributed by atoms with Crippen LogP contribution < -0.4 is 10.6 Å². The van der Waals surface area contributed by atoms with Gasteiger partial charge in [-0.05, 0) is 30.8 Å². The first-order chi connectivity index (χ1) is 6.84. The SMILES string of the molecule is O=C1CCC(CNC2CCSCC2)N1. The van der Waals surface area contributed by atoms with E-state index in [2.05, 4.69) is 10.6 Å². The van der Waals surface area contributed by atoms with Crippen molar-refractivity contribution in [1.82, 2.24) is 10.6 Å². The molecule has 2 fully saturated rings. The molecule has 80 valence electrons. The maximum Gasteiger partial charge on any atom is 0.220 e. The molecule has 1 amide bonds. The van der Waals surface area contributed by atoms with Gasteiger partial charge in [-0.3, -0.25) is 4.79 Å². The zero-order valence-electron chi connectivity index (χ0n) is 8.42. The topological polar surface area (TPSA) is 41.1 Å². The van der Waals surface area contributed by atoms with Crippen molar-refractivity contribution in [3.05, 3.63) is 0 Å². The van der Waals surface area contributed by atoms with E-state index in [4.69, 9.17) is 0 Å². The number of hydrogen-bond acceptors (Lipinski definition) is 3. The Morgan fingerprint density at radius 1 is 1.36 bits per heavy atom. The highest BCUT2D eigenvalue weighted by atomic mass is 32.2. The normalized spacial score (nSPS) is 29.1. The summed E-state index contributed by atoms with van der Waals surface area (Å²) in [5, 5.41) is 6.54. The molecule has 4 heteroatoms. The minimum absolute atomic E-state index is 0.219. The molecule has 0 bridgehead atoms. The highest BCUT2D eigenvalue weighted by Gasteiger charge is 2.21. The molecule has 1 atom stereocenters. The summed E-state index contributed by atoms with van der Waals surface area (Å²) in [4.78, 5) is 11.0. The number of amides is 1. The van der Waals surface area contributed by atoms with Gasteiger partial charge < -0.3 is 10.6 Å². The number of hydrogen-bond donors (Lipinski definition) is 2. The van der Waals surface area contributed by atoms with Crippen LogP contribution in [-0.2, 0) is 4.79 Å². The lowest BCUT2D eigenvalue weighted by Crippen LogP contribution is -2.41. The number of carbonyl (C=O) groups is 1. The van der Waals surface area contributed by atoms with Gasteiger partial charge in [-0.15, -0.1) is 0 Å². The van der Waals surface area contributed by atoms with E-state index in [1.54, 1.807) is 0 Å². The second-order valence-electron chi connectivity index (χ2n) is 4.10. The Balaban J connectivity index is 1.63. The number of rotatable bonds is 3. The third kappa shape index (κ3) is 2.89. The summed E-state index contributed by atoms with van der Waals surface area (Å²) in [6, 6.07) is 1.07. The summed E-state index contributed by atoms with van der Waals surface area (Å²) < 4.78 is 0. The lowest BCUT2D eigenvalue weighted by Gasteiger charge is -2.24. The van der Waals surface area contributed by atoms with Gasteiger partial charge in [-0.25, -0.2) is 0 Å². The Labute approximate surface area is 89.4 Å². The van der Waals surface area contributed by atoms with Crippen molar-refractivity contribution >= 4 is 17.7 Å². The Morgan fingerprint density at radius 3 is 2.79 bits per heavy atom. The van der Waals surface area contributed by atoms with Crippen molar-refractivity contribution in [2.24, 2.45) is 0 Å². The van der Waals surface area contributed by atoms with Gasteiger partial charge in [-0.1, -0.05) is 0 Å². The third-order valence-electron chi connectivity index (χ3n) is 2.96. The van der Waals surface area contributed by atoms with Crippen LogP contribution in [0, 0.1) is 0 Å². The molecule has 2 heterocycles. The van der Waals surface area contributed by atoms with Crippen molar-refractivity contribution in [2.75, 3.05) is 18.1 Å². The van der Waals surface area contributed by atoms with E-state index in [0.29, 0.717) is 18.5 Å². The van der Waals surface area contributed by atoms with Gasteiger partial charge in [0.25, 0.3) is 0 Å². The first-order valence-electron chi connectivity index (χ1n) is 5.45. The molecule has 2 aliphatic rings. The van der Waals surface area contributed by atoms with Gasteiger partial charge >= 0.3 is 0 Å². The molecule has 2 aliphatic heterocycles. The predicted molar refractivity (Wildman–Crippen MR) is 59.5 cm³/mol. The maximum atomic E-state index is 11.0. The van der Waals surface area contributed by atoms with E-state index >= 15 is 0 Å². The molecule has 3 nitrogen and oxygen atoms in total. The zero-order valence-corrected chi connectivity index (χ0v) is 9.24. The van der Waals surface area contributed by atoms with Crippen LogP contribution in [-0.4, -0.2) is 36.0 Å². The predicted octanol–water partition coefficient (Wildman–Crippen LogP) is 0.750. The van der Waals surface area contributed by atoms with Gasteiger partial charge in [-0.2, -0.15) is 11.8 Å². The molecule has 0 saturated carbocycles. The van der Waals surface area contributed by atoms with Gasteiger partial charge in [0.1, 0.15) is 0 Å². The quantitative estimate of drug-likeness (QED) is 0.728. The zero-order chi connectivity index (χ0) is 9.80. The first kappa shape index (κ1) is 10.3. The van der Waals surface area contributed by atoms with Crippen molar-refractivity contribution in [3.63, 3.8) is 0 Å². The van der Waals surface area contributed by atoms with Gasteiger partial charge in [0.15, 0.2) is 0 Å². The van der Waals surface area contributed by atoms with Crippen LogP contribution in [0.3, 0.4) is 0 Å². The van der Waals surface area contributed by atoms with E-state index in [1.165, 1.54) is 24.3 Å². The lowest BCUT2D eigenvalue weighted by atomic mass is 10.1. The van der Waals surface area contributed by atoms with Crippen LogP contribution in [0.25, 0.3) is 0 Å². The van der Waals surface area contributed by atoms with Gasteiger partial charge in [0.2, 0.25) is 5.91 Å². The second kappa shape index (κ2) is 5.03. The summed E-state index contributed by atoms with van der Waals surface area (Å²) >= 11 is 2.05. The Hall–Kier alpha value is -0.220. The minimum Gasteiger partial charge on any atom is -0.352 e. The summed E-state index contributed by atoms with van der Waals surface area (Å²) in [5.74, 6) is 2.79. The van der Waals surface area contributed by atoms with Crippen molar-refractivity contribution in [1.29, 1.82) is 0 Å². The molecule has 2 rings (SSSR count). The second-order valence-corrected chi connectivity index (χ2v) is 5.32. The maximum absolute atomic E-state index is 11.0. The molecule has 0 aromatic heterocycles. The molecule has 0 aliphatic carbocycles. The van der Waals surface area contributed by atoms with E-state index in [1.807, 2.05) is 11.8 Å². The third-order valence-corrected chi connectivity index (χ3v) is 4.01. The number of nitrogens with one attached hydrogen (secondary N) is 2. The van der Waals surface area contributed by atoms with E-state index in [9.17, 15) is 4.79 Å². The fourth-order valence-corrected chi connectivity index (χ4v) is 3.15. The molecule has 1 unspecified atom stereocenters. The summed E-state index contributed by atoms with van der Waals surface area (Å²) in [6.45, 7) is 0.959. The monoisotopic (exact) mass is 214 g/mol. The summed E-state index contributed by atoms with van der Waals surface area (Å²) in [6.07, 6.45) is 4.29. The molecule has 0 aromatic rings. The molecule has 0 radical (unpaired) electrons. The van der Waals surface area contributed by atoms with Crippen LogP contribution in [0.2, 0.25) is 0 Å². The fraction of sp³-hybridized carbons (Fsp3) is 0.900. The molecule has 0 spiro atoms. The lowest BCUT2D eigenvalue weighted by molar-refractivity contribution is -0.119. The summed E-state index contributed by atoms with van der Waals surface area (Å²) in [7, 11) is 0. The van der Waals surface area contributed by atoms with Crippen LogP contribution in [0.4, 0.5) is 0 Å². The Kier molecular flexibility index (Phi) is 3.70. The highest BCUT2D eigenvalue weighted by molar-refractivity contribution is 7.99. The van der Waals surface area contributed by atoms with Crippen LogP contribution in [0.15, 0.2) is 0 Å². The van der Waals surface area contributed by atoms with Gasteiger partial charge in [0, 0.05) is 25.0 Å². The molecule has 14 heavy (non-hydrogen) atoms. The largest absolute Gasteiger partial charge is 0.352 e. The number of thioether (sulfide) groups is 1. The van der Waals surface area contributed by atoms with Crippen molar-refractivity contribution < 1.29 is 4.79 Å². The smallest absolute Gasteiger partial charge is 0.220 e. The van der Waals surface area contributed by atoms with E-state index < -0.39 is 0 Å². The van der Waals surface area contributed by atoms with Crippen LogP contribution in [0.5, 0.6) is 0 Å². The molecule has 2 N–H and O–H groups in total. The summed E-state index contributed by atoms with van der Waals surface area (Å²) in [5.41, 5.74) is 0. The van der Waals surface area contributed by atoms with Crippen LogP contribution >= 0.6 is 11.8 Å². The minimum atomic E-state index is 0.219. The van der Waals surface area contributed by atoms with Crippen molar-refractivity contribution in [3.8, 4) is 0 Å². The van der Waals surface area contributed by atoms with Crippen LogP contribution in [0.1, 0.15) is 25.7 Å². The fourth-order valence-electron chi connectivity index (χ4n) is 2.04. The highest BCUT2D eigenvalue weighted by Crippen LogP contribution is 2.17. The average molecular weight is 214 g/mol. The molecular weight excluding hydrogens is 196 g/mol. The molecule has 2 saturated heterocycles. The van der Waals surface area contributed by atoms with E-state index in [0.717, 1.165) is 13.0 Å². The Bertz CT molecular complexity index is 204. The number of carbonyl (C=O) groups excluding carboxylic acids is 1. The molecule has 0 aromatic carbocycles. The van der Waals surface area contributed by atoms with E-state index in [-0.39, 0.29) is 5.91 Å².